The Hall–Kier alpha value is -1.62. The summed E-state index contributed by atoms with van der Waals surface area (Å²) in [4.78, 5) is 8.82. The highest BCUT2D eigenvalue weighted by atomic mass is 32.1. The zero-order chi connectivity index (χ0) is 11.8. The van der Waals surface area contributed by atoms with E-state index in [9.17, 15) is 0 Å². The summed E-state index contributed by atoms with van der Waals surface area (Å²) < 4.78 is 0. The van der Waals surface area contributed by atoms with E-state index >= 15 is 0 Å². The number of nitrogens with two attached hydrogens (primary N) is 1. The van der Waals surface area contributed by atoms with Crippen molar-refractivity contribution < 1.29 is 0 Å². The van der Waals surface area contributed by atoms with Crippen LogP contribution in [-0.2, 0) is 0 Å². The molecule has 3 rings (SSSR count). The Morgan fingerprint density at radius 3 is 3.00 bits per heavy atom. The van der Waals surface area contributed by atoms with E-state index in [1.165, 1.54) is 18.5 Å². The summed E-state index contributed by atoms with van der Waals surface area (Å²) in [5.74, 6) is 1.37. The van der Waals surface area contributed by atoms with Gasteiger partial charge in [0.25, 0.3) is 0 Å². The van der Waals surface area contributed by atoms with Crippen LogP contribution < -0.4 is 11.1 Å². The molecule has 0 aliphatic heterocycles. The number of hydrogen-bond donors (Lipinski definition) is 2. The molecule has 0 unspecified atom stereocenters. The summed E-state index contributed by atoms with van der Waals surface area (Å²) >= 11 is 1.61. The van der Waals surface area contributed by atoms with E-state index in [2.05, 4.69) is 20.7 Å². The molecule has 1 aliphatic carbocycles. The van der Waals surface area contributed by atoms with E-state index in [1.807, 2.05) is 13.0 Å². The van der Waals surface area contributed by atoms with E-state index in [1.54, 1.807) is 17.5 Å². The van der Waals surface area contributed by atoms with Gasteiger partial charge in [-0.2, -0.15) is 0 Å². The third-order valence-electron chi connectivity index (χ3n) is 2.80. The van der Waals surface area contributed by atoms with Gasteiger partial charge in [-0.1, -0.05) is 0 Å². The van der Waals surface area contributed by atoms with Crippen LogP contribution in [0, 0.1) is 6.92 Å². The van der Waals surface area contributed by atoms with Crippen LogP contribution in [0.1, 0.15) is 30.0 Å². The lowest BCUT2D eigenvalue weighted by Gasteiger charge is -2.05. The molecule has 5 heteroatoms. The minimum Gasteiger partial charge on any atom is -0.396 e. The molecule has 0 atom stereocenters. The number of aromatic nitrogens is 2. The number of nitrogens with zero attached hydrogens (tertiary/aromatic N) is 2. The lowest BCUT2D eigenvalue weighted by atomic mass is 10.3. The fraction of sp³-hybridized carbons (Fsp3) is 0.333. The van der Waals surface area contributed by atoms with Gasteiger partial charge in [0.15, 0.2) is 10.9 Å². The van der Waals surface area contributed by atoms with Crippen molar-refractivity contribution in [3.8, 4) is 0 Å². The number of aryl methyl sites for hydroxylation is 1. The third kappa shape index (κ3) is 2.24. The molecule has 0 saturated heterocycles. The molecule has 0 spiro atoms. The van der Waals surface area contributed by atoms with Gasteiger partial charge in [0, 0.05) is 17.5 Å². The second-order valence-electron chi connectivity index (χ2n) is 4.43. The summed E-state index contributed by atoms with van der Waals surface area (Å²) in [7, 11) is 0. The van der Waals surface area contributed by atoms with Gasteiger partial charge in [-0.05, 0) is 31.4 Å². The van der Waals surface area contributed by atoms with Crippen molar-refractivity contribution in [3.05, 3.63) is 28.9 Å². The van der Waals surface area contributed by atoms with E-state index in [0.29, 0.717) is 17.4 Å². The molecule has 0 bridgehead atoms. The zero-order valence-electron chi connectivity index (χ0n) is 9.60. The molecule has 3 N–H and O–H groups in total. The van der Waals surface area contributed by atoms with Crippen molar-refractivity contribution in [2.75, 3.05) is 11.1 Å². The zero-order valence-corrected chi connectivity index (χ0v) is 10.4. The Kier molecular flexibility index (Phi) is 2.48. The molecule has 88 valence electrons. The van der Waals surface area contributed by atoms with Crippen LogP contribution in [0.15, 0.2) is 17.6 Å². The highest BCUT2D eigenvalue weighted by Gasteiger charge is 2.26. The number of thiazole rings is 1. The fourth-order valence-electron chi connectivity index (χ4n) is 1.71. The van der Waals surface area contributed by atoms with Crippen molar-refractivity contribution >= 4 is 28.0 Å². The molecule has 0 radical (unpaired) electrons. The summed E-state index contributed by atoms with van der Waals surface area (Å²) in [6, 6.07) is 1.91. The summed E-state index contributed by atoms with van der Waals surface area (Å²) in [6.07, 6.45) is 4.34. The minimum atomic E-state index is 0.660. The highest BCUT2D eigenvalue weighted by Crippen LogP contribution is 2.41. The summed E-state index contributed by atoms with van der Waals surface area (Å²) in [5, 5.41) is 6.16. The van der Waals surface area contributed by atoms with Gasteiger partial charge in [0.2, 0.25) is 0 Å². The van der Waals surface area contributed by atoms with Crippen molar-refractivity contribution in [1.82, 2.24) is 9.97 Å². The molecule has 2 heterocycles. The maximum Gasteiger partial charge on any atom is 0.188 e. The average molecular weight is 246 g/mol. The second-order valence-corrected chi connectivity index (χ2v) is 5.29. The van der Waals surface area contributed by atoms with Gasteiger partial charge in [0.05, 0.1) is 11.4 Å². The maximum atomic E-state index is 5.90. The largest absolute Gasteiger partial charge is 0.396 e. The summed E-state index contributed by atoms with van der Waals surface area (Å²) in [5.41, 5.74) is 8.82. The first-order chi connectivity index (χ1) is 8.22. The van der Waals surface area contributed by atoms with Gasteiger partial charge < -0.3 is 11.1 Å². The predicted octanol–water partition coefficient (Wildman–Crippen LogP) is 3.05. The molecule has 0 aromatic carbocycles. The van der Waals surface area contributed by atoms with Crippen molar-refractivity contribution in [3.63, 3.8) is 0 Å². The van der Waals surface area contributed by atoms with E-state index < -0.39 is 0 Å². The number of rotatable bonds is 3. The molecule has 1 aliphatic rings. The third-order valence-corrected chi connectivity index (χ3v) is 3.57. The predicted molar refractivity (Wildman–Crippen MR) is 70.8 cm³/mol. The Balaban J connectivity index is 1.80. The Morgan fingerprint density at radius 1 is 1.47 bits per heavy atom. The molecule has 2 aromatic rings. The Morgan fingerprint density at radius 2 is 2.29 bits per heavy atom. The molecule has 1 saturated carbocycles. The van der Waals surface area contributed by atoms with Gasteiger partial charge in [-0.15, -0.1) is 11.3 Å². The number of nitrogens with one attached hydrogen (secondary N) is 1. The van der Waals surface area contributed by atoms with Crippen molar-refractivity contribution in [2.24, 2.45) is 0 Å². The second kappa shape index (κ2) is 4.00. The standard InChI is InChI=1S/C12H14N4S/c1-7-4-9(13)11(14-5-7)16-12-15-10(6-17-12)8-2-3-8/h4-6,8H,2-3,13H2,1H3,(H,14,15,16). The molecule has 17 heavy (non-hydrogen) atoms. The van der Waals surface area contributed by atoms with Gasteiger partial charge in [-0.25, -0.2) is 9.97 Å². The molecule has 0 amide bonds. The number of nitrogen functional groups attached to an aromatic ring is 1. The molecular weight excluding hydrogens is 232 g/mol. The molecule has 4 nitrogen and oxygen atoms in total. The van der Waals surface area contributed by atoms with E-state index in [-0.39, 0.29) is 0 Å². The van der Waals surface area contributed by atoms with E-state index in [4.69, 9.17) is 5.73 Å². The van der Waals surface area contributed by atoms with Crippen LogP contribution in [0.25, 0.3) is 0 Å². The monoisotopic (exact) mass is 246 g/mol. The lowest BCUT2D eigenvalue weighted by molar-refractivity contribution is 1.05. The van der Waals surface area contributed by atoms with E-state index in [0.717, 1.165) is 10.7 Å². The average Bonchev–Trinajstić information content (AvgIpc) is 3.04. The normalized spacial score (nSPS) is 14.9. The summed E-state index contributed by atoms with van der Waals surface area (Å²) in [6.45, 7) is 1.97. The van der Waals surface area contributed by atoms with Crippen LogP contribution in [0.2, 0.25) is 0 Å². The number of pyridine rings is 1. The molecule has 1 fully saturated rings. The maximum absolute atomic E-state index is 5.90. The minimum absolute atomic E-state index is 0.660. The Bertz CT molecular complexity index is 545. The first-order valence-corrected chi connectivity index (χ1v) is 6.55. The van der Waals surface area contributed by atoms with Gasteiger partial charge >= 0.3 is 0 Å². The SMILES string of the molecule is Cc1cnc(Nc2nc(C3CC3)cs2)c(N)c1. The van der Waals surface area contributed by atoms with Crippen LogP contribution in [0.4, 0.5) is 16.6 Å². The smallest absolute Gasteiger partial charge is 0.188 e. The Labute approximate surface area is 104 Å². The van der Waals surface area contributed by atoms with Crippen molar-refractivity contribution in [2.45, 2.75) is 25.7 Å². The van der Waals surface area contributed by atoms with Crippen LogP contribution in [0.3, 0.4) is 0 Å². The van der Waals surface area contributed by atoms with Gasteiger partial charge in [-0.3, -0.25) is 0 Å². The highest BCUT2D eigenvalue weighted by molar-refractivity contribution is 7.13. The van der Waals surface area contributed by atoms with Gasteiger partial charge in [0.1, 0.15) is 0 Å². The van der Waals surface area contributed by atoms with Crippen LogP contribution in [0.5, 0.6) is 0 Å². The number of anilines is 3. The van der Waals surface area contributed by atoms with Crippen LogP contribution >= 0.6 is 11.3 Å². The lowest BCUT2D eigenvalue weighted by Crippen LogP contribution is -1.99. The fourth-order valence-corrected chi connectivity index (χ4v) is 2.50. The first kappa shape index (κ1) is 10.5. The topological polar surface area (TPSA) is 63.8 Å². The quantitative estimate of drug-likeness (QED) is 0.873. The number of hydrogen-bond acceptors (Lipinski definition) is 5. The van der Waals surface area contributed by atoms with Crippen LogP contribution in [-0.4, -0.2) is 9.97 Å². The molecular formula is C12H14N4S. The van der Waals surface area contributed by atoms with Crippen molar-refractivity contribution in [1.29, 1.82) is 0 Å². The molecule has 2 aromatic heterocycles. The first-order valence-electron chi connectivity index (χ1n) is 5.67.